The Kier molecular flexibility index (Phi) is 19.4. The summed E-state index contributed by atoms with van der Waals surface area (Å²) in [7, 11) is 1.67. The molecule has 0 aromatic heterocycles. The zero-order valence-corrected chi connectivity index (χ0v) is 36.9. The lowest BCUT2D eigenvalue weighted by Crippen LogP contribution is -2.47. The van der Waals surface area contributed by atoms with E-state index in [1.165, 1.54) is 19.3 Å². The second-order valence-corrected chi connectivity index (χ2v) is 17.7. The number of anilines is 2. The molecule has 15 heteroatoms. The van der Waals surface area contributed by atoms with E-state index >= 15 is 0 Å². The molecule has 2 heterocycles. The average Bonchev–Trinajstić information content (AvgIpc) is 3.26. The molecule has 6 rings (SSSR count). The summed E-state index contributed by atoms with van der Waals surface area (Å²) in [5.41, 5.74) is 8.90. The van der Waals surface area contributed by atoms with E-state index in [2.05, 4.69) is 36.3 Å². The molecule has 0 radical (unpaired) electrons. The van der Waals surface area contributed by atoms with Gasteiger partial charge in [0.2, 0.25) is 17.7 Å². The van der Waals surface area contributed by atoms with Crippen LogP contribution in [0.3, 0.4) is 0 Å². The quantitative estimate of drug-likeness (QED) is 0.121. The van der Waals surface area contributed by atoms with Gasteiger partial charge in [-0.25, -0.2) is 0 Å². The minimum absolute atomic E-state index is 0.0788. The van der Waals surface area contributed by atoms with Crippen molar-refractivity contribution in [3.63, 3.8) is 0 Å². The Balaban J connectivity index is 0.000000234. The molecule has 2 saturated carbocycles. The van der Waals surface area contributed by atoms with E-state index in [1.54, 1.807) is 20.1 Å². The van der Waals surface area contributed by atoms with Crippen molar-refractivity contribution in [2.45, 2.75) is 109 Å². The summed E-state index contributed by atoms with van der Waals surface area (Å²) in [6.07, 6.45) is 5.90. The molecule has 0 atom stereocenters. The summed E-state index contributed by atoms with van der Waals surface area (Å²) in [6, 6.07) is 15.6. The van der Waals surface area contributed by atoms with Crippen molar-refractivity contribution in [2.75, 3.05) is 89.0 Å². The van der Waals surface area contributed by atoms with Gasteiger partial charge in [-0.1, -0.05) is 18.2 Å². The van der Waals surface area contributed by atoms with E-state index < -0.39 is 18.5 Å². The van der Waals surface area contributed by atoms with E-state index in [4.69, 9.17) is 10.5 Å². The zero-order chi connectivity index (χ0) is 44.5. The standard InChI is InChI=1S/C24H38N4O3.C23H32F3N3O2/c1-31-17-3-6-23(29)26-21-9-7-19(8-10-21)11-12-27-13-15-28(16-14-27)22-5-2-4-20(18-22)24(25)30;1-17(30)19-3-2-4-21(15-19)29-13-11-28(12-14-29)10-9-18-5-7-20(8-6-18)27-22(31)16-23(24,25)26/h2,4-5,18-19,21H,3,6-17H2,1H3,(H2,25,30)(H,26,29);2-4,15,18,20H,5-14,16H2,1H3,(H,27,31). The molecule has 12 nitrogen and oxygen atoms in total. The Morgan fingerprint density at radius 3 is 1.56 bits per heavy atom. The first kappa shape index (κ1) is 48.8. The minimum atomic E-state index is -4.44. The topological polar surface area (TPSA) is 141 Å². The second-order valence-electron chi connectivity index (χ2n) is 17.7. The first-order chi connectivity index (χ1) is 29.7. The Morgan fingerprint density at radius 1 is 0.677 bits per heavy atom. The number of halogens is 3. The van der Waals surface area contributed by atoms with Crippen LogP contribution in [0.2, 0.25) is 0 Å². The highest BCUT2D eigenvalue weighted by Crippen LogP contribution is 2.30. The molecule has 62 heavy (non-hydrogen) atoms. The molecule has 2 aromatic rings. The molecule has 2 saturated heterocycles. The molecule has 2 aliphatic carbocycles. The average molecular weight is 870 g/mol. The lowest BCUT2D eigenvalue weighted by atomic mass is 9.84. The molecule has 344 valence electrons. The van der Waals surface area contributed by atoms with Crippen molar-refractivity contribution in [2.24, 2.45) is 17.6 Å². The van der Waals surface area contributed by atoms with Crippen LogP contribution in [0.25, 0.3) is 0 Å². The third kappa shape index (κ3) is 16.8. The van der Waals surface area contributed by atoms with Crippen LogP contribution in [-0.4, -0.2) is 131 Å². The summed E-state index contributed by atoms with van der Waals surface area (Å²) < 4.78 is 41.9. The van der Waals surface area contributed by atoms with E-state index in [0.717, 1.165) is 140 Å². The number of nitrogens with one attached hydrogen (secondary N) is 2. The number of hydrogen-bond donors (Lipinski definition) is 3. The first-order valence-corrected chi connectivity index (χ1v) is 22.8. The fourth-order valence-corrected chi connectivity index (χ4v) is 9.30. The molecule has 0 spiro atoms. The maximum Gasteiger partial charge on any atom is 0.397 e. The van der Waals surface area contributed by atoms with Gasteiger partial charge < -0.3 is 30.9 Å². The van der Waals surface area contributed by atoms with Crippen molar-refractivity contribution < 1.29 is 37.1 Å². The van der Waals surface area contributed by atoms with Crippen LogP contribution in [0.5, 0.6) is 0 Å². The van der Waals surface area contributed by atoms with Crippen molar-refractivity contribution in [3.8, 4) is 0 Å². The van der Waals surface area contributed by atoms with Gasteiger partial charge in [0.15, 0.2) is 5.78 Å². The minimum Gasteiger partial charge on any atom is -0.385 e. The van der Waals surface area contributed by atoms with Crippen LogP contribution in [0.4, 0.5) is 24.5 Å². The number of amides is 3. The van der Waals surface area contributed by atoms with E-state index in [9.17, 15) is 32.3 Å². The number of nitrogens with two attached hydrogens (primary N) is 1. The molecule has 3 amide bonds. The normalized spacial score (nSPS) is 22.6. The van der Waals surface area contributed by atoms with Gasteiger partial charge in [-0.2, -0.15) is 13.2 Å². The predicted octanol–water partition coefficient (Wildman–Crippen LogP) is 6.43. The van der Waals surface area contributed by atoms with Gasteiger partial charge in [0, 0.05) is 107 Å². The van der Waals surface area contributed by atoms with Gasteiger partial charge in [0.1, 0.15) is 6.42 Å². The van der Waals surface area contributed by atoms with Crippen molar-refractivity contribution in [1.29, 1.82) is 0 Å². The number of hydrogen-bond acceptors (Lipinski definition) is 9. The fraction of sp³-hybridized carbons (Fsp3) is 0.660. The highest BCUT2D eigenvalue weighted by atomic mass is 19.4. The lowest BCUT2D eigenvalue weighted by Gasteiger charge is -2.37. The van der Waals surface area contributed by atoms with Crippen LogP contribution in [0, 0.1) is 11.8 Å². The van der Waals surface area contributed by atoms with E-state index in [1.807, 2.05) is 36.4 Å². The Bertz CT molecular complexity index is 1720. The summed E-state index contributed by atoms with van der Waals surface area (Å²) >= 11 is 0. The van der Waals surface area contributed by atoms with Crippen LogP contribution in [0.1, 0.15) is 111 Å². The number of carbonyl (C=O) groups excluding carboxylic acids is 4. The third-order valence-corrected chi connectivity index (χ3v) is 13.1. The largest absolute Gasteiger partial charge is 0.397 e. The maximum absolute atomic E-state index is 12.3. The lowest BCUT2D eigenvalue weighted by molar-refractivity contribution is -0.154. The Hall–Kier alpha value is -4.21. The summed E-state index contributed by atoms with van der Waals surface area (Å²) in [5, 5.41) is 5.73. The van der Waals surface area contributed by atoms with Crippen molar-refractivity contribution in [3.05, 3.63) is 59.7 Å². The molecule has 2 aliphatic heterocycles. The predicted molar refractivity (Wildman–Crippen MR) is 238 cm³/mol. The van der Waals surface area contributed by atoms with Gasteiger partial charge in [-0.3, -0.25) is 29.0 Å². The number of carbonyl (C=O) groups is 4. The molecule has 4 aliphatic rings. The van der Waals surface area contributed by atoms with Gasteiger partial charge >= 0.3 is 6.18 Å². The SMILES string of the molecule is CC(=O)c1cccc(N2CCN(CCC3CCC(NC(=O)CC(F)(F)F)CC3)CC2)c1.COCCCC(=O)NC1CCC(CCN2CCN(c3cccc(C(N)=O)c3)CC2)CC1. The first-order valence-electron chi connectivity index (χ1n) is 22.8. The number of rotatable bonds is 17. The summed E-state index contributed by atoms with van der Waals surface area (Å²) in [6.45, 7) is 12.3. The smallest absolute Gasteiger partial charge is 0.385 e. The number of benzene rings is 2. The molecule has 2 aromatic carbocycles. The van der Waals surface area contributed by atoms with Crippen LogP contribution in [-0.2, 0) is 14.3 Å². The number of alkyl halides is 3. The number of methoxy groups -OCH3 is 1. The number of ketones is 1. The fourth-order valence-electron chi connectivity index (χ4n) is 9.30. The zero-order valence-electron chi connectivity index (χ0n) is 36.9. The third-order valence-electron chi connectivity index (χ3n) is 13.1. The molecule has 4 N–H and O–H groups in total. The van der Waals surface area contributed by atoms with E-state index in [0.29, 0.717) is 30.6 Å². The van der Waals surface area contributed by atoms with Gasteiger partial charge in [0.05, 0.1) is 0 Å². The van der Waals surface area contributed by atoms with Crippen LogP contribution < -0.4 is 26.2 Å². The number of primary amides is 1. The maximum atomic E-state index is 12.3. The Morgan fingerprint density at radius 2 is 1.13 bits per heavy atom. The Labute approximate surface area is 366 Å². The number of Topliss-reactive ketones (excluding diaryl/α,β-unsaturated/α-hetero) is 1. The molecular formula is C47H70F3N7O5. The molecule has 4 fully saturated rings. The van der Waals surface area contributed by atoms with Gasteiger partial charge in [0.25, 0.3) is 0 Å². The van der Waals surface area contributed by atoms with Crippen molar-refractivity contribution >= 4 is 34.9 Å². The highest BCUT2D eigenvalue weighted by Gasteiger charge is 2.33. The highest BCUT2D eigenvalue weighted by molar-refractivity contribution is 5.95. The van der Waals surface area contributed by atoms with Gasteiger partial charge in [-0.05, 0) is 133 Å². The number of ether oxygens (including phenoxy) is 1. The number of piperazine rings is 2. The monoisotopic (exact) mass is 870 g/mol. The molecule has 0 unspecified atom stereocenters. The van der Waals surface area contributed by atoms with Crippen LogP contribution >= 0.6 is 0 Å². The van der Waals surface area contributed by atoms with Gasteiger partial charge in [-0.15, -0.1) is 0 Å². The van der Waals surface area contributed by atoms with Crippen LogP contribution in [0.15, 0.2) is 48.5 Å². The number of nitrogens with zero attached hydrogens (tertiary/aromatic N) is 4. The summed E-state index contributed by atoms with van der Waals surface area (Å²) in [4.78, 5) is 56.1. The second kappa shape index (κ2) is 24.6. The van der Waals surface area contributed by atoms with Crippen molar-refractivity contribution in [1.82, 2.24) is 20.4 Å². The molecule has 0 bridgehead atoms. The van der Waals surface area contributed by atoms with E-state index in [-0.39, 0.29) is 23.6 Å². The summed E-state index contributed by atoms with van der Waals surface area (Å²) in [5.74, 6) is 0.298. The molecular weight excluding hydrogens is 800 g/mol.